The maximum Gasteiger partial charge on any atom is 0.519 e. The van der Waals surface area contributed by atoms with Crippen LogP contribution in [-0.2, 0) is 16.1 Å². The molecular weight excluding hydrogens is 240 g/mol. The fourth-order valence-corrected chi connectivity index (χ4v) is 1.34. The third-order valence-electron chi connectivity index (χ3n) is 2.06. The Kier molecular flexibility index (Phi) is 4.13. The van der Waals surface area contributed by atoms with Crippen LogP contribution < -0.4 is 5.82 Å². The Morgan fingerprint density at radius 3 is 2.50 bits per heavy atom. The number of hydrogen-bond donors (Lipinski definition) is 1. The SMILES string of the molecule is CC(=CC(C)(C)O)C(=O)OCc1oc(=O)oc1C. The zero-order valence-corrected chi connectivity index (χ0v) is 10.8. The van der Waals surface area contributed by atoms with E-state index in [9.17, 15) is 14.7 Å². The van der Waals surface area contributed by atoms with E-state index < -0.39 is 17.4 Å². The molecule has 0 amide bonds. The van der Waals surface area contributed by atoms with E-state index in [1.165, 1.54) is 19.9 Å². The second-order valence-electron chi connectivity index (χ2n) is 4.49. The van der Waals surface area contributed by atoms with Crippen molar-refractivity contribution < 1.29 is 23.5 Å². The third-order valence-corrected chi connectivity index (χ3v) is 2.06. The van der Waals surface area contributed by atoms with Gasteiger partial charge >= 0.3 is 11.8 Å². The molecule has 6 nitrogen and oxygen atoms in total. The van der Waals surface area contributed by atoms with Gasteiger partial charge in [-0.3, -0.25) is 0 Å². The van der Waals surface area contributed by atoms with Crippen molar-refractivity contribution in [1.29, 1.82) is 0 Å². The Labute approximate surface area is 104 Å². The number of rotatable bonds is 4. The minimum atomic E-state index is -1.10. The maximum atomic E-state index is 11.6. The van der Waals surface area contributed by atoms with Crippen molar-refractivity contribution in [2.45, 2.75) is 39.9 Å². The number of ether oxygens (including phenoxy) is 1. The molecular formula is C12H16O6. The van der Waals surface area contributed by atoms with Crippen LogP contribution in [0.5, 0.6) is 0 Å². The van der Waals surface area contributed by atoms with Gasteiger partial charge in [0.1, 0.15) is 0 Å². The zero-order valence-electron chi connectivity index (χ0n) is 10.8. The van der Waals surface area contributed by atoms with Gasteiger partial charge in [-0.15, -0.1) is 0 Å². The van der Waals surface area contributed by atoms with Crippen LogP contribution in [0, 0.1) is 6.92 Å². The Morgan fingerprint density at radius 2 is 2.06 bits per heavy atom. The van der Waals surface area contributed by atoms with Crippen LogP contribution in [0.15, 0.2) is 25.3 Å². The molecule has 6 heteroatoms. The van der Waals surface area contributed by atoms with Crippen molar-refractivity contribution in [3.63, 3.8) is 0 Å². The average molecular weight is 256 g/mol. The van der Waals surface area contributed by atoms with E-state index >= 15 is 0 Å². The lowest BCUT2D eigenvalue weighted by Crippen LogP contribution is -2.17. The second-order valence-corrected chi connectivity index (χ2v) is 4.49. The number of aliphatic hydroxyl groups is 1. The molecule has 1 aromatic heterocycles. The molecule has 1 rings (SSSR count). The van der Waals surface area contributed by atoms with Gasteiger partial charge in [0.2, 0.25) is 0 Å². The van der Waals surface area contributed by atoms with Gasteiger partial charge in [-0.1, -0.05) is 0 Å². The minimum Gasteiger partial charge on any atom is -0.454 e. The third kappa shape index (κ3) is 4.21. The predicted octanol–water partition coefficient (Wildman–Crippen LogP) is 1.30. The van der Waals surface area contributed by atoms with Gasteiger partial charge < -0.3 is 18.7 Å². The molecule has 100 valence electrons. The van der Waals surface area contributed by atoms with Crippen LogP contribution >= 0.6 is 0 Å². The summed E-state index contributed by atoms with van der Waals surface area (Å²) >= 11 is 0. The molecule has 1 aromatic rings. The van der Waals surface area contributed by atoms with Gasteiger partial charge in [-0.2, -0.15) is 0 Å². The van der Waals surface area contributed by atoms with Crippen molar-refractivity contribution in [2.24, 2.45) is 0 Å². The number of hydrogen-bond acceptors (Lipinski definition) is 6. The largest absolute Gasteiger partial charge is 0.519 e. The first kappa shape index (κ1) is 14.2. The van der Waals surface area contributed by atoms with E-state index in [-0.39, 0.29) is 23.7 Å². The van der Waals surface area contributed by atoms with Crippen LogP contribution in [0.1, 0.15) is 32.3 Å². The van der Waals surface area contributed by atoms with Gasteiger partial charge in [-0.05, 0) is 33.8 Å². The van der Waals surface area contributed by atoms with Crippen LogP contribution in [0.4, 0.5) is 0 Å². The molecule has 0 radical (unpaired) electrons. The Hall–Kier alpha value is -1.82. The summed E-state index contributed by atoms with van der Waals surface area (Å²) in [6, 6.07) is 0. The summed E-state index contributed by atoms with van der Waals surface area (Å²) in [6.07, 6.45) is 1.38. The van der Waals surface area contributed by atoms with Crippen molar-refractivity contribution >= 4 is 5.97 Å². The molecule has 0 aliphatic heterocycles. The van der Waals surface area contributed by atoms with Crippen molar-refractivity contribution in [1.82, 2.24) is 0 Å². The first-order valence-corrected chi connectivity index (χ1v) is 5.37. The summed E-state index contributed by atoms with van der Waals surface area (Å²) < 4.78 is 14.2. The Morgan fingerprint density at radius 1 is 1.44 bits per heavy atom. The summed E-state index contributed by atoms with van der Waals surface area (Å²) in [5.74, 6) is -0.982. The summed E-state index contributed by atoms with van der Waals surface area (Å²) in [4.78, 5) is 22.3. The lowest BCUT2D eigenvalue weighted by molar-refractivity contribution is -0.140. The monoisotopic (exact) mass is 256 g/mol. The first-order chi connectivity index (χ1) is 8.19. The normalized spacial score (nSPS) is 12.6. The first-order valence-electron chi connectivity index (χ1n) is 5.37. The highest BCUT2D eigenvalue weighted by Gasteiger charge is 2.15. The molecule has 0 aliphatic rings. The van der Waals surface area contributed by atoms with Crippen LogP contribution in [0.3, 0.4) is 0 Å². The van der Waals surface area contributed by atoms with Gasteiger partial charge in [0.05, 0.1) is 5.60 Å². The van der Waals surface area contributed by atoms with Crippen LogP contribution in [0.2, 0.25) is 0 Å². The average Bonchev–Trinajstić information content (AvgIpc) is 2.51. The fourth-order valence-electron chi connectivity index (χ4n) is 1.34. The summed E-state index contributed by atoms with van der Waals surface area (Å²) in [5.41, 5.74) is -0.827. The highest BCUT2D eigenvalue weighted by atomic mass is 16.6. The summed E-state index contributed by atoms with van der Waals surface area (Å²) in [5, 5.41) is 9.51. The second kappa shape index (κ2) is 5.22. The molecule has 0 saturated carbocycles. The lowest BCUT2D eigenvalue weighted by Gasteiger charge is -2.12. The molecule has 0 unspecified atom stereocenters. The minimum absolute atomic E-state index is 0.171. The Bertz CT molecular complexity index is 511. The van der Waals surface area contributed by atoms with Crippen molar-refractivity contribution in [3.05, 3.63) is 33.8 Å². The molecule has 1 N–H and O–H groups in total. The number of carbonyl (C=O) groups is 1. The van der Waals surface area contributed by atoms with E-state index in [0.29, 0.717) is 0 Å². The van der Waals surface area contributed by atoms with Gasteiger partial charge in [-0.25, -0.2) is 9.59 Å². The number of aryl methyl sites for hydroxylation is 1. The molecule has 1 heterocycles. The van der Waals surface area contributed by atoms with Crippen LogP contribution in [0.25, 0.3) is 0 Å². The highest BCUT2D eigenvalue weighted by Crippen LogP contribution is 2.11. The molecule has 0 aromatic carbocycles. The summed E-state index contributed by atoms with van der Waals surface area (Å²) in [6.45, 7) is 5.96. The molecule has 18 heavy (non-hydrogen) atoms. The molecule has 0 atom stereocenters. The van der Waals surface area contributed by atoms with Gasteiger partial charge in [0, 0.05) is 5.57 Å². The van der Waals surface area contributed by atoms with Gasteiger partial charge in [0.15, 0.2) is 18.1 Å². The quantitative estimate of drug-likeness (QED) is 0.645. The Balaban J connectivity index is 2.65. The van der Waals surface area contributed by atoms with E-state index in [0.717, 1.165) is 0 Å². The number of esters is 1. The van der Waals surface area contributed by atoms with E-state index in [1.54, 1.807) is 13.8 Å². The molecule has 0 saturated heterocycles. The lowest BCUT2D eigenvalue weighted by atomic mass is 10.1. The molecule has 0 fully saturated rings. The van der Waals surface area contributed by atoms with Gasteiger partial charge in [0.25, 0.3) is 0 Å². The summed E-state index contributed by atoms with van der Waals surface area (Å²) in [7, 11) is 0. The molecule has 0 bridgehead atoms. The standard InChI is InChI=1S/C12H16O6/c1-7(5-12(3,4)15)10(13)16-6-9-8(2)17-11(14)18-9/h5,15H,6H2,1-4H3. The zero-order chi connectivity index (χ0) is 13.9. The molecule has 0 spiro atoms. The smallest absolute Gasteiger partial charge is 0.454 e. The number of carbonyl (C=O) groups excluding carboxylic acids is 1. The fraction of sp³-hybridized carbons (Fsp3) is 0.500. The molecule has 0 aliphatic carbocycles. The van der Waals surface area contributed by atoms with E-state index in [1.807, 2.05) is 0 Å². The maximum absolute atomic E-state index is 11.6. The van der Waals surface area contributed by atoms with E-state index in [2.05, 4.69) is 8.83 Å². The van der Waals surface area contributed by atoms with Crippen molar-refractivity contribution in [2.75, 3.05) is 0 Å². The van der Waals surface area contributed by atoms with E-state index in [4.69, 9.17) is 4.74 Å². The van der Waals surface area contributed by atoms with Crippen molar-refractivity contribution in [3.8, 4) is 0 Å². The van der Waals surface area contributed by atoms with Crippen LogP contribution in [-0.4, -0.2) is 16.7 Å². The predicted molar refractivity (Wildman–Crippen MR) is 61.8 cm³/mol. The topological polar surface area (TPSA) is 89.9 Å². The highest BCUT2D eigenvalue weighted by molar-refractivity contribution is 5.87.